The molecular weight excluding hydrogens is 406 g/mol. The SMILES string of the molecule is CCc1nc(N(CCCC(C)C)C(=O)OC(C)(C)C)nc2ccc(Br)cc12. The lowest BCUT2D eigenvalue weighted by atomic mass is 10.1. The minimum absolute atomic E-state index is 0.398. The highest BCUT2D eigenvalue weighted by Gasteiger charge is 2.26. The zero-order valence-electron chi connectivity index (χ0n) is 17.2. The monoisotopic (exact) mass is 435 g/mol. The Morgan fingerprint density at radius 3 is 2.56 bits per heavy atom. The van der Waals surface area contributed by atoms with Crippen molar-refractivity contribution in [1.82, 2.24) is 9.97 Å². The van der Waals surface area contributed by atoms with Crippen molar-refractivity contribution in [3.8, 4) is 0 Å². The summed E-state index contributed by atoms with van der Waals surface area (Å²) < 4.78 is 6.60. The molecule has 0 fully saturated rings. The van der Waals surface area contributed by atoms with Crippen molar-refractivity contribution < 1.29 is 9.53 Å². The predicted octanol–water partition coefficient (Wildman–Crippen LogP) is 6.13. The van der Waals surface area contributed by atoms with Crippen LogP contribution in [0.1, 0.15) is 60.1 Å². The number of carbonyl (C=O) groups excluding carboxylic acids is 1. The van der Waals surface area contributed by atoms with Crippen LogP contribution in [0.15, 0.2) is 22.7 Å². The van der Waals surface area contributed by atoms with Gasteiger partial charge >= 0.3 is 6.09 Å². The summed E-state index contributed by atoms with van der Waals surface area (Å²) in [6.07, 6.45) is 2.27. The Balaban J connectivity index is 2.43. The molecule has 0 saturated heterocycles. The van der Waals surface area contributed by atoms with Gasteiger partial charge in [-0.15, -0.1) is 0 Å². The molecule has 0 radical (unpaired) electrons. The molecule has 0 aliphatic carbocycles. The van der Waals surface area contributed by atoms with E-state index in [1.807, 2.05) is 39.0 Å². The van der Waals surface area contributed by atoms with Crippen LogP contribution in [-0.2, 0) is 11.2 Å². The molecule has 5 nitrogen and oxygen atoms in total. The van der Waals surface area contributed by atoms with Crippen molar-refractivity contribution in [2.75, 3.05) is 11.4 Å². The largest absolute Gasteiger partial charge is 0.443 e. The molecule has 1 aromatic carbocycles. The summed E-state index contributed by atoms with van der Waals surface area (Å²) in [7, 11) is 0. The maximum atomic E-state index is 12.8. The molecule has 2 aromatic rings. The molecule has 0 aliphatic rings. The van der Waals surface area contributed by atoms with Crippen LogP contribution >= 0.6 is 15.9 Å². The minimum Gasteiger partial charge on any atom is -0.443 e. The molecule has 0 atom stereocenters. The molecule has 6 heteroatoms. The Labute approximate surface area is 170 Å². The number of carbonyl (C=O) groups is 1. The smallest absolute Gasteiger partial charge is 0.417 e. The third-order valence-corrected chi connectivity index (χ3v) is 4.57. The number of aromatic nitrogens is 2. The van der Waals surface area contributed by atoms with Crippen molar-refractivity contribution in [2.24, 2.45) is 5.92 Å². The number of fused-ring (bicyclic) bond motifs is 1. The van der Waals surface area contributed by atoms with Crippen LogP contribution < -0.4 is 4.90 Å². The van der Waals surface area contributed by atoms with Gasteiger partial charge in [-0.1, -0.05) is 36.7 Å². The van der Waals surface area contributed by atoms with E-state index in [1.165, 1.54) is 0 Å². The molecule has 0 N–H and O–H groups in total. The average Bonchev–Trinajstić information content (AvgIpc) is 2.56. The number of benzene rings is 1. The summed E-state index contributed by atoms with van der Waals surface area (Å²) in [6, 6.07) is 5.93. The summed E-state index contributed by atoms with van der Waals surface area (Å²) in [6.45, 7) is 12.6. The third kappa shape index (κ3) is 6.16. The number of ether oxygens (including phenoxy) is 1. The topological polar surface area (TPSA) is 55.3 Å². The average molecular weight is 436 g/mol. The van der Waals surface area contributed by atoms with Gasteiger partial charge in [0.15, 0.2) is 0 Å². The van der Waals surface area contributed by atoms with Crippen LogP contribution in [0.4, 0.5) is 10.7 Å². The first kappa shape index (κ1) is 21.6. The lowest BCUT2D eigenvalue weighted by Gasteiger charge is -2.26. The van der Waals surface area contributed by atoms with Crippen molar-refractivity contribution in [2.45, 2.75) is 66.4 Å². The number of hydrogen-bond acceptors (Lipinski definition) is 4. The summed E-state index contributed by atoms with van der Waals surface area (Å²) >= 11 is 3.51. The molecule has 0 unspecified atom stereocenters. The van der Waals surface area contributed by atoms with E-state index in [4.69, 9.17) is 9.72 Å². The fourth-order valence-electron chi connectivity index (χ4n) is 2.79. The van der Waals surface area contributed by atoms with Gasteiger partial charge in [0.25, 0.3) is 0 Å². The van der Waals surface area contributed by atoms with E-state index >= 15 is 0 Å². The molecule has 0 spiro atoms. The molecule has 1 amide bonds. The van der Waals surface area contributed by atoms with Crippen LogP contribution in [0, 0.1) is 5.92 Å². The molecule has 1 aromatic heterocycles. The lowest BCUT2D eigenvalue weighted by Crippen LogP contribution is -2.38. The van der Waals surface area contributed by atoms with Gasteiger partial charge in [0.1, 0.15) is 5.60 Å². The zero-order chi connectivity index (χ0) is 20.2. The van der Waals surface area contributed by atoms with E-state index in [0.717, 1.165) is 40.3 Å². The fraction of sp³-hybridized carbons (Fsp3) is 0.571. The van der Waals surface area contributed by atoms with Gasteiger partial charge in [-0.2, -0.15) is 0 Å². The molecule has 2 rings (SSSR count). The molecule has 0 aliphatic heterocycles. The van der Waals surface area contributed by atoms with E-state index in [2.05, 4.69) is 41.7 Å². The summed E-state index contributed by atoms with van der Waals surface area (Å²) in [5, 5.41) is 1.00. The third-order valence-electron chi connectivity index (χ3n) is 4.08. The van der Waals surface area contributed by atoms with E-state index < -0.39 is 11.7 Å². The maximum Gasteiger partial charge on any atom is 0.417 e. The highest BCUT2D eigenvalue weighted by atomic mass is 79.9. The number of aryl methyl sites for hydroxylation is 1. The Bertz CT molecular complexity index is 800. The Morgan fingerprint density at radius 2 is 1.96 bits per heavy atom. The first-order valence-electron chi connectivity index (χ1n) is 9.57. The summed E-state index contributed by atoms with van der Waals surface area (Å²) in [5.74, 6) is 0.992. The van der Waals surface area contributed by atoms with Gasteiger partial charge in [0.2, 0.25) is 5.95 Å². The minimum atomic E-state index is -0.567. The van der Waals surface area contributed by atoms with Gasteiger partial charge in [0.05, 0.1) is 11.2 Å². The second-order valence-electron chi connectivity index (χ2n) is 8.15. The molecule has 1 heterocycles. The van der Waals surface area contributed by atoms with Crippen molar-refractivity contribution in [3.05, 3.63) is 28.4 Å². The Morgan fingerprint density at radius 1 is 1.26 bits per heavy atom. The van der Waals surface area contributed by atoms with Crippen LogP contribution in [0.3, 0.4) is 0 Å². The van der Waals surface area contributed by atoms with E-state index in [9.17, 15) is 4.79 Å². The standard InChI is InChI=1S/C21H30BrN3O2/c1-7-17-16-13-15(22)10-11-18(16)24-19(23-17)25(12-8-9-14(2)3)20(26)27-21(4,5)6/h10-11,13-14H,7-9,12H2,1-6H3. The van der Waals surface area contributed by atoms with E-state index in [1.54, 1.807) is 4.90 Å². The van der Waals surface area contributed by atoms with Crippen LogP contribution in [0.25, 0.3) is 10.9 Å². The lowest BCUT2D eigenvalue weighted by molar-refractivity contribution is 0.0577. The van der Waals surface area contributed by atoms with E-state index in [0.29, 0.717) is 18.4 Å². The van der Waals surface area contributed by atoms with Crippen molar-refractivity contribution in [3.63, 3.8) is 0 Å². The van der Waals surface area contributed by atoms with Gasteiger partial charge in [0, 0.05) is 16.4 Å². The van der Waals surface area contributed by atoms with Gasteiger partial charge < -0.3 is 4.74 Å². The fourth-order valence-corrected chi connectivity index (χ4v) is 3.15. The zero-order valence-corrected chi connectivity index (χ0v) is 18.8. The summed E-state index contributed by atoms with van der Waals surface area (Å²) in [5.41, 5.74) is 1.19. The second kappa shape index (κ2) is 9.00. The number of rotatable bonds is 6. The molecule has 0 bridgehead atoms. The van der Waals surface area contributed by atoms with Gasteiger partial charge in [-0.3, -0.25) is 0 Å². The molecule has 148 valence electrons. The molecular formula is C21H30BrN3O2. The van der Waals surface area contributed by atoms with Crippen LogP contribution in [0.2, 0.25) is 0 Å². The number of halogens is 1. The first-order chi connectivity index (χ1) is 12.6. The number of hydrogen-bond donors (Lipinski definition) is 0. The number of anilines is 1. The normalized spacial score (nSPS) is 11.9. The second-order valence-corrected chi connectivity index (χ2v) is 9.07. The van der Waals surface area contributed by atoms with Crippen molar-refractivity contribution in [1.29, 1.82) is 0 Å². The highest BCUT2D eigenvalue weighted by Crippen LogP contribution is 2.25. The Kier molecular flexibility index (Phi) is 7.20. The van der Waals surface area contributed by atoms with Crippen LogP contribution in [0.5, 0.6) is 0 Å². The maximum absolute atomic E-state index is 12.8. The van der Waals surface area contributed by atoms with Crippen molar-refractivity contribution >= 4 is 38.9 Å². The molecule has 0 saturated carbocycles. The van der Waals surface area contributed by atoms with Crippen LogP contribution in [-0.4, -0.2) is 28.2 Å². The Hall–Kier alpha value is -1.69. The van der Waals surface area contributed by atoms with Gasteiger partial charge in [-0.05, 0) is 64.2 Å². The molecule has 27 heavy (non-hydrogen) atoms. The first-order valence-corrected chi connectivity index (χ1v) is 10.4. The quantitative estimate of drug-likeness (QED) is 0.547. The highest BCUT2D eigenvalue weighted by molar-refractivity contribution is 9.10. The number of nitrogens with zero attached hydrogens (tertiary/aromatic N) is 3. The van der Waals surface area contributed by atoms with E-state index in [-0.39, 0.29) is 0 Å². The number of amides is 1. The summed E-state index contributed by atoms with van der Waals surface area (Å²) in [4.78, 5) is 23.8. The van der Waals surface area contributed by atoms with Gasteiger partial charge in [-0.25, -0.2) is 19.7 Å². The predicted molar refractivity (Wildman–Crippen MR) is 114 cm³/mol.